The van der Waals surface area contributed by atoms with Crippen molar-refractivity contribution in [3.05, 3.63) is 16.5 Å². The average Bonchev–Trinajstić information content (AvgIpc) is 3.13. The fourth-order valence-corrected chi connectivity index (χ4v) is 4.45. The van der Waals surface area contributed by atoms with Gasteiger partial charge in [0.15, 0.2) is 0 Å². The predicted molar refractivity (Wildman–Crippen MR) is 94.7 cm³/mol. The van der Waals surface area contributed by atoms with Gasteiger partial charge in [-0.15, -0.1) is 11.3 Å². The number of hydrogen-bond acceptors (Lipinski definition) is 6. The van der Waals surface area contributed by atoms with Crippen LogP contribution in [0, 0.1) is 6.92 Å². The Bertz CT molecular complexity index is 616. The second kappa shape index (κ2) is 7.63. The number of hydrogen-bond donors (Lipinski definition) is 1. The molecule has 2 fully saturated rings. The van der Waals surface area contributed by atoms with E-state index in [0.717, 1.165) is 24.5 Å². The zero-order valence-corrected chi connectivity index (χ0v) is 15.2. The van der Waals surface area contributed by atoms with Crippen LogP contribution in [0.15, 0.2) is 6.07 Å². The standard InChI is InChI=1S/C17H25N3O3S/c1-3-23-17(22)14-9-12(2)24-16(14)18-15(21)11-19-7-8-20-6-4-5-13(20)10-19/h9,13H,3-8,10-11H2,1-2H3,(H,18,21). The molecule has 1 aromatic rings. The van der Waals surface area contributed by atoms with Crippen molar-refractivity contribution in [3.63, 3.8) is 0 Å². The van der Waals surface area contributed by atoms with Gasteiger partial charge in [-0.25, -0.2) is 4.79 Å². The highest BCUT2D eigenvalue weighted by atomic mass is 32.1. The van der Waals surface area contributed by atoms with Crippen LogP contribution in [0.25, 0.3) is 0 Å². The first-order valence-corrected chi connectivity index (χ1v) is 9.42. The van der Waals surface area contributed by atoms with Crippen LogP contribution < -0.4 is 5.32 Å². The van der Waals surface area contributed by atoms with Crippen LogP contribution >= 0.6 is 11.3 Å². The van der Waals surface area contributed by atoms with Crippen molar-refractivity contribution in [1.29, 1.82) is 0 Å². The molecule has 0 radical (unpaired) electrons. The highest BCUT2D eigenvalue weighted by Gasteiger charge is 2.31. The Morgan fingerprint density at radius 1 is 1.38 bits per heavy atom. The molecule has 1 aromatic heterocycles. The van der Waals surface area contributed by atoms with E-state index in [4.69, 9.17) is 4.74 Å². The minimum absolute atomic E-state index is 0.0613. The molecule has 2 aliphatic rings. The average molecular weight is 351 g/mol. The first-order valence-electron chi connectivity index (χ1n) is 8.60. The zero-order chi connectivity index (χ0) is 17.1. The maximum absolute atomic E-state index is 12.4. The van der Waals surface area contributed by atoms with Crippen molar-refractivity contribution < 1.29 is 14.3 Å². The van der Waals surface area contributed by atoms with Gasteiger partial charge in [0.2, 0.25) is 5.91 Å². The topological polar surface area (TPSA) is 61.9 Å². The number of nitrogens with one attached hydrogen (secondary N) is 1. The van der Waals surface area contributed by atoms with Crippen LogP contribution in [0.1, 0.15) is 35.0 Å². The number of piperazine rings is 1. The Balaban J connectivity index is 1.58. The monoisotopic (exact) mass is 351 g/mol. The number of carbonyl (C=O) groups excluding carboxylic acids is 2. The zero-order valence-electron chi connectivity index (χ0n) is 14.3. The minimum Gasteiger partial charge on any atom is -0.462 e. The summed E-state index contributed by atoms with van der Waals surface area (Å²) in [5, 5.41) is 3.49. The molecule has 0 spiro atoms. The van der Waals surface area contributed by atoms with Crippen molar-refractivity contribution in [3.8, 4) is 0 Å². The van der Waals surface area contributed by atoms with Crippen LogP contribution in [-0.4, -0.2) is 67.0 Å². The van der Waals surface area contributed by atoms with E-state index >= 15 is 0 Å². The Morgan fingerprint density at radius 2 is 2.21 bits per heavy atom. The third-order valence-electron chi connectivity index (χ3n) is 4.64. The molecule has 0 bridgehead atoms. The summed E-state index contributed by atoms with van der Waals surface area (Å²) in [5.74, 6) is -0.439. The molecule has 0 aromatic carbocycles. The molecule has 1 amide bonds. The van der Waals surface area contributed by atoms with Crippen molar-refractivity contribution >= 4 is 28.2 Å². The van der Waals surface area contributed by atoms with E-state index in [0.29, 0.717) is 29.8 Å². The van der Waals surface area contributed by atoms with Gasteiger partial charge >= 0.3 is 5.97 Å². The van der Waals surface area contributed by atoms with E-state index in [1.54, 1.807) is 13.0 Å². The summed E-state index contributed by atoms with van der Waals surface area (Å²) in [6, 6.07) is 2.38. The molecule has 2 aliphatic heterocycles. The molecule has 24 heavy (non-hydrogen) atoms. The van der Waals surface area contributed by atoms with Gasteiger partial charge < -0.3 is 10.1 Å². The lowest BCUT2D eigenvalue weighted by Gasteiger charge is -2.37. The maximum Gasteiger partial charge on any atom is 0.341 e. The number of rotatable bonds is 5. The number of fused-ring (bicyclic) bond motifs is 1. The number of esters is 1. The lowest BCUT2D eigenvalue weighted by molar-refractivity contribution is -0.117. The lowest BCUT2D eigenvalue weighted by Crippen LogP contribution is -2.51. The van der Waals surface area contributed by atoms with Crippen LogP contribution in [0.4, 0.5) is 5.00 Å². The Kier molecular flexibility index (Phi) is 5.53. The molecule has 0 aliphatic carbocycles. The van der Waals surface area contributed by atoms with Gasteiger partial charge in [-0.3, -0.25) is 14.6 Å². The van der Waals surface area contributed by atoms with Crippen LogP contribution in [0.3, 0.4) is 0 Å². The summed E-state index contributed by atoms with van der Waals surface area (Å²) in [4.78, 5) is 30.1. The van der Waals surface area contributed by atoms with Crippen LogP contribution in [-0.2, 0) is 9.53 Å². The lowest BCUT2D eigenvalue weighted by atomic mass is 10.1. The molecule has 132 valence electrons. The number of aryl methyl sites for hydroxylation is 1. The molecular weight excluding hydrogens is 326 g/mol. The third kappa shape index (κ3) is 3.96. The fraction of sp³-hybridized carbons (Fsp3) is 0.647. The van der Waals surface area contributed by atoms with E-state index in [2.05, 4.69) is 15.1 Å². The van der Waals surface area contributed by atoms with E-state index in [9.17, 15) is 9.59 Å². The summed E-state index contributed by atoms with van der Waals surface area (Å²) in [6.45, 7) is 8.53. The van der Waals surface area contributed by atoms with Gasteiger partial charge in [-0.1, -0.05) is 0 Å². The number of thiophene rings is 1. The third-order valence-corrected chi connectivity index (χ3v) is 5.61. The van der Waals surface area contributed by atoms with Gasteiger partial charge in [-0.2, -0.15) is 0 Å². The predicted octanol–water partition coefficient (Wildman–Crippen LogP) is 1.95. The quantitative estimate of drug-likeness (QED) is 0.822. The number of amides is 1. The van der Waals surface area contributed by atoms with Crippen molar-refractivity contribution in [1.82, 2.24) is 9.80 Å². The summed E-state index contributed by atoms with van der Waals surface area (Å²) in [5.41, 5.74) is 0.452. The van der Waals surface area contributed by atoms with Crippen molar-refractivity contribution in [2.24, 2.45) is 0 Å². The van der Waals surface area contributed by atoms with E-state index in [-0.39, 0.29) is 11.9 Å². The van der Waals surface area contributed by atoms with Gasteiger partial charge in [0, 0.05) is 30.6 Å². The molecule has 7 heteroatoms. The van der Waals surface area contributed by atoms with Crippen molar-refractivity contribution in [2.75, 3.05) is 44.6 Å². The molecule has 2 saturated heterocycles. The highest BCUT2D eigenvalue weighted by molar-refractivity contribution is 7.16. The molecule has 6 nitrogen and oxygen atoms in total. The number of nitrogens with zero attached hydrogens (tertiary/aromatic N) is 2. The first kappa shape index (κ1) is 17.4. The van der Waals surface area contributed by atoms with Crippen molar-refractivity contribution in [2.45, 2.75) is 32.7 Å². The van der Waals surface area contributed by atoms with Gasteiger partial charge in [0.25, 0.3) is 0 Å². The summed E-state index contributed by atoms with van der Waals surface area (Å²) >= 11 is 1.41. The Morgan fingerprint density at radius 3 is 3.00 bits per heavy atom. The molecule has 3 heterocycles. The molecule has 1 atom stereocenters. The molecular formula is C17H25N3O3S. The largest absolute Gasteiger partial charge is 0.462 e. The van der Waals surface area contributed by atoms with E-state index in [1.807, 2.05) is 6.92 Å². The second-order valence-corrected chi connectivity index (χ2v) is 7.69. The minimum atomic E-state index is -0.378. The summed E-state index contributed by atoms with van der Waals surface area (Å²) in [6.07, 6.45) is 2.50. The molecule has 1 N–H and O–H groups in total. The van der Waals surface area contributed by atoms with E-state index < -0.39 is 0 Å². The van der Waals surface area contributed by atoms with Gasteiger partial charge in [0.05, 0.1) is 18.7 Å². The fourth-order valence-electron chi connectivity index (χ4n) is 3.54. The molecule has 0 saturated carbocycles. The van der Waals surface area contributed by atoms with Crippen LogP contribution in [0.5, 0.6) is 0 Å². The first-order chi connectivity index (χ1) is 11.6. The number of ether oxygens (including phenoxy) is 1. The molecule has 1 unspecified atom stereocenters. The van der Waals surface area contributed by atoms with Gasteiger partial charge in [-0.05, 0) is 39.3 Å². The molecule has 3 rings (SSSR count). The van der Waals surface area contributed by atoms with Crippen LogP contribution in [0.2, 0.25) is 0 Å². The smallest absolute Gasteiger partial charge is 0.341 e. The highest BCUT2D eigenvalue weighted by Crippen LogP contribution is 2.28. The second-order valence-electron chi connectivity index (χ2n) is 6.44. The normalized spacial score (nSPS) is 21.5. The number of carbonyl (C=O) groups is 2. The summed E-state index contributed by atoms with van der Waals surface area (Å²) in [7, 11) is 0. The Labute approximate surface area is 146 Å². The van der Waals surface area contributed by atoms with E-state index in [1.165, 1.54) is 30.7 Å². The van der Waals surface area contributed by atoms with Gasteiger partial charge in [0.1, 0.15) is 5.00 Å². The SMILES string of the molecule is CCOC(=O)c1cc(C)sc1NC(=O)CN1CCN2CCCC2C1. The maximum atomic E-state index is 12.4. The Hall–Kier alpha value is -1.44. The number of anilines is 1. The summed E-state index contributed by atoms with van der Waals surface area (Å²) < 4.78 is 5.06.